The minimum Gasteiger partial charge on any atom is -0.338 e. The Morgan fingerprint density at radius 2 is 2.24 bits per heavy atom. The minimum atomic E-state index is 0.0321. The summed E-state index contributed by atoms with van der Waals surface area (Å²) < 4.78 is 1.66. The molecule has 1 saturated carbocycles. The lowest BCUT2D eigenvalue weighted by Crippen LogP contribution is -2.33. The van der Waals surface area contributed by atoms with Crippen LogP contribution in [0, 0.1) is 18.8 Å². The third-order valence-electron chi connectivity index (χ3n) is 4.94. The van der Waals surface area contributed by atoms with Gasteiger partial charge in [0, 0.05) is 31.0 Å². The number of nitrogens with zero attached hydrogens (tertiary/aromatic N) is 4. The molecule has 6 nitrogen and oxygen atoms in total. The number of hydrogen-bond donors (Lipinski definition) is 1. The fraction of sp³-hybridized carbons (Fsp3) is 0.533. The molecule has 1 amide bonds. The van der Waals surface area contributed by atoms with Crippen molar-refractivity contribution in [3.8, 4) is 0 Å². The van der Waals surface area contributed by atoms with Crippen molar-refractivity contribution in [2.24, 2.45) is 17.6 Å². The average Bonchev–Trinajstić information content (AvgIpc) is 3.14. The molecule has 0 bridgehead atoms. The van der Waals surface area contributed by atoms with Gasteiger partial charge in [0.2, 0.25) is 0 Å². The second-order valence-corrected chi connectivity index (χ2v) is 6.27. The van der Waals surface area contributed by atoms with Crippen LogP contribution in [0.5, 0.6) is 0 Å². The van der Waals surface area contributed by atoms with Crippen molar-refractivity contribution < 1.29 is 4.79 Å². The number of hydrogen-bond acceptors (Lipinski definition) is 4. The highest BCUT2D eigenvalue weighted by molar-refractivity contribution is 5.99. The zero-order valence-corrected chi connectivity index (χ0v) is 12.1. The number of rotatable bonds is 1. The molecular weight excluding hydrogens is 266 g/mol. The molecule has 2 aliphatic rings. The van der Waals surface area contributed by atoms with Crippen molar-refractivity contribution >= 4 is 11.6 Å². The van der Waals surface area contributed by atoms with E-state index in [1.54, 1.807) is 10.7 Å². The molecule has 3 unspecified atom stereocenters. The summed E-state index contributed by atoms with van der Waals surface area (Å²) in [4.78, 5) is 19.1. The first-order chi connectivity index (χ1) is 10.1. The first kappa shape index (κ1) is 12.8. The second kappa shape index (κ2) is 4.53. The lowest BCUT2D eigenvalue weighted by molar-refractivity contribution is 0.0781. The van der Waals surface area contributed by atoms with Gasteiger partial charge in [0.05, 0.1) is 6.20 Å². The Bertz CT molecular complexity index is 709. The Labute approximate surface area is 122 Å². The van der Waals surface area contributed by atoms with Crippen molar-refractivity contribution in [3.63, 3.8) is 0 Å². The maximum Gasteiger partial charge on any atom is 0.259 e. The third-order valence-corrected chi connectivity index (χ3v) is 4.94. The van der Waals surface area contributed by atoms with Gasteiger partial charge in [0.15, 0.2) is 5.65 Å². The van der Waals surface area contributed by atoms with Crippen LogP contribution in [0.2, 0.25) is 0 Å². The van der Waals surface area contributed by atoms with Crippen molar-refractivity contribution in [3.05, 3.63) is 29.7 Å². The predicted molar refractivity (Wildman–Crippen MR) is 77.8 cm³/mol. The van der Waals surface area contributed by atoms with E-state index in [4.69, 9.17) is 5.73 Å². The molecule has 0 spiro atoms. The van der Waals surface area contributed by atoms with Crippen LogP contribution >= 0.6 is 0 Å². The van der Waals surface area contributed by atoms with Crippen LogP contribution < -0.4 is 5.73 Å². The molecule has 0 radical (unpaired) electrons. The van der Waals surface area contributed by atoms with Gasteiger partial charge in [0.1, 0.15) is 5.56 Å². The number of likely N-dealkylation sites (tertiary alicyclic amines) is 1. The molecule has 4 rings (SSSR count). The predicted octanol–water partition coefficient (Wildman–Crippen LogP) is 0.847. The summed E-state index contributed by atoms with van der Waals surface area (Å²) in [6, 6.07) is 2.13. The molecule has 1 aliphatic heterocycles. The van der Waals surface area contributed by atoms with Crippen LogP contribution in [0.1, 0.15) is 28.9 Å². The fourth-order valence-corrected chi connectivity index (χ4v) is 3.75. The van der Waals surface area contributed by atoms with Crippen LogP contribution in [0.3, 0.4) is 0 Å². The van der Waals surface area contributed by atoms with E-state index in [2.05, 4.69) is 10.1 Å². The van der Waals surface area contributed by atoms with Gasteiger partial charge < -0.3 is 10.6 Å². The summed E-state index contributed by atoms with van der Waals surface area (Å²) in [6.45, 7) is 3.51. The van der Waals surface area contributed by atoms with E-state index in [9.17, 15) is 4.79 Å². The standard InChI is InChI=1S/C15H19N5O/c1-9-4-5-20-14(18-9)11(6-17-20)15(21)19-7-10-2-3-13(16)12(10)8-19/h4-6,10,12-13H,2-3,7-8,16H2,1H3. The van der Waals surface area contributed by atoms with Gasteiger partial charge in [-0.2, -0.15) is 5.10 Å². The molecule has 3 heterocycles. The quantitative estimate of drug-likeness (QED) is 0.842. The number of aryl methyl sites for hydroxylation is 1. The molecule has 2 fully saturated rings. The van der Waals surface area contributed by atoms with E-state index in [1.807, 2.05) is 24.1 Å². The molecule has 2 aromatic heterocycles. The molecule has 1 aliphatic carbocycles. The largest absolute Gasteiger partial charge is 0.338 e. The van der Waals surface area contributed by atoms with Crippen LogP contribution in [-0.2, 0) is 0 Å². The van der Waals surface area contributed by atoms with E-state index < -0.39 is 0 Å². The molecule has 3 atom stereocenters. The first-order valence-corrected chi connectivity index (χ1v) is 7.49. The lowest BCUT2D eigenvalue weighted by Gasteiger charge is -2.18. The van der Waals surface area contributed by atoms with E-state index in [0.717, 1.165) is 31.6 Å². The van der Waals surface area contributed by atoms with Gasteiger partial charge >= 0.3 is 0 Å². The lowest BCUT2D eigenvalue weighted by atomic mass is 9.98. The Balaban J connectivity index is 1.64. The highest BCUT2D eigenvalue weighted by atomic mass is 16.2. The maximum absolute atomic E-state index is 12.8. The smallest absolute Gasteiger partial charge is 0.259 e. The van der Waals surface area contributed by atoms with E-state index in [0.29, 0.717) is 23.0 Å². The highest BCUT2D eigenvalue weighted by Crippen LogP contribution is 2.37. The van der Waals surface area contributed by atoms with Gasteiger partial charge in [-0.05, 0) is 37.7 Å². The average molecular weight is 285 g/mol. The molecule has 110 valence electrons. The Hall–Kier alpha value is -1.95. The number of carbonyl (C=O) groups excluding carboxylic acids is 1. The van der Waals surface area contributed by atoms with Crippen LogP contribution in [0.15, 0.2) is 18.5 Å². The first-order valence-electron chi connectivity index (χ1n) is 7.49. The normalized spacial score (nSPS) is 28.3. The van der Waals surface area contributed by atoms with Crippen LogP contribution in [-0.4, -0.2) is 44.5 Å². The van der Waals surface area contributed by atoms with Crippen LogP contribution in [0.25, 0.3) is 5.65 Å². The number of amides is 1. The van der Waals surface area contributed by atoms with Crippen molar-refractivity contribution in [1.82, 2.24) is 19.5 Å². The van der Waals surface area contributed by atoms with Crippen molar-refractivity contribution in [1.29, 1.82) is 0 Å². The summed E-state index contributed by atoms with van der Waals surface area (Å²) in [6.07, 6.45) is 5.69. The Morgan fingerprint density at radius 1 is 1.38 bits per heavy atom. The summed E-state index contributed by atoms with van der Waals surface area (Å²) >= 11 is 0. The summed E-state index contributed by atoms with van der Waals surface area (Å²) in [5, 5.41) is 4.22. The molecule has 21 heavy (non-hydrogen) atoms. The SMILES string of the molecule is Cc1ccn2ncc(C(=O)N3CC4CCC(N)C4C3)c2n1. The monoisotopic (exact) mass is 285 g/mol. The Morgan fingerprint density at radius 3 is 3.05 bits per heavy atom. The van der Waals surface area contributed by atoms with E-state index in [1.165, 1.54) is 0 Å². The molecule has 6 heteroatoms. The molecule has 0 aromatic carbocycles. The van der Waals surface area contributed by atoms with E-state index >= 15 is 0 Å². The third kappa shape index (κ3) is 1.93. The number of aromatic nitrogens is 3. The zero-order valence-electron chi connectivity index (χ0n) is 12.1. The molecule has 2 N–H and O–H groups in total. The minimum absolute atomic E-state index is 0.0321. The topological polar surface area (TPSA) is 76.5 Å². The van der Waals surface area contributed by atoms with Gasteiger partial charge in [-0.15, -0.1) is 0 Å². The van der Waals surface area contributed by atoms with Gasteiger partial charge in [0.25, 0.3) is 5.91 Å². The van der Waals surface area contributed by atoms with Gasteiger partial charge in [-0.25, -0.2) is 9.50 Å². The number of carbonyl (C=O) groups is 1. The summed E-state index contributed by atoms with van der Waals surface area (Å²) in [5.74, 6) is 1.07. The highest BCUT2D eigenvalue weighted by Gasteiger charge is 2.43. The summed E-state index contributed by atoms with van der Waals surface area (Å²) in [7, 11) is 0. The number of nitrogens with two attached hydrogens (primary N) is 1. The van der Waals surface area contributed by atoms with Gasteiger partial charge in [-0.1, -0.05) is 0 Å². The van der Waals surface area contributed by atoms with Crippen molar-refractivity contribution in [2.75, 3.05) is 13.1 Å². The summed E-state index contributed by atoms with van der Waals surface area (Å²) in [5.41, 5.74) is 8.26. The second-order valence-electron chi connectivity index (χ2n) is 6.27. The number of fused-ring (bicyclic) bond motifs is 2. The van der Waals surface area contributed by atoms with E-state index in [-0.39, 0.29) is 11.9 Å². The Kier molecular flexibility index (Phi) is 2.75. The molecule has 1 saturated heterocycles. The van der Waals surface area contributed by atoms with Crippen molar-refractivity contribution in [2.45, 2.75) is 25.8 Å². The maximum atomic E-state index is 12.8. The zero-order chi connectivity index (χ0) is 14.6. The fourth-order valence-electron chi connectivity index (χ4n) is 3.75. The van der Waals surface area contributed by atoms with Crippen LogP contribution in [0.4, 0.5) is 0 Å². The molecular formula is C15H19N5O. The molecule has 2 aromatic rings. The van der Waals surface area contributed by atoms with Gasteiger partial charge in [-0.3, -0.25) is 4.79 Å².